The number of rotatable bonds is 3. The summed E-state index contributed by atoms with van der Waals surface area (Å²) in [5.74, 6) is -1.79. The van der Waals surface area contributed by atoms with Gasteiger partial charge >= 0.3 is 5.97 Å². The van der Waals surface area contributed by atoms with E-state index in [4.69, 9.17) is 5.11 Å². The second-order valence-electron chi connectivity index (χ2n) is 3.85. The molecule has 1 aliphatic rings. The van der Waals surface area contributed by atoms with Crippen LogP contribution in [0.5, 0.6) is 0 Å². The fourth-order valence-corrected chi connectivity index (χ4v) is 1.49. The van der Waals surface area contributed by atoms with Crippen LogP contribution in [0.4, 0.5) is 0 Å². The zero-order valence-electron chi connectivity index (χ0n) is 8.38. The Kier molecular flexibility index (Phi) is 2.30. The van der Waals surface area contributed by atoms with Crippen molar-refractivity contribution in [2.45, 2.75) is 31.7 Å². The Bertz CT molecular complexity index is 448. The molecule has 1 saturated carbocycles. The van der Waals surface area contributed by atoms with E-state index in [9.17, 15) is 9.59 Å². The van der Waals surface area contributed by atoms with Gasteiger partial charge in [0.2, 0.25) is 0 Å². The first-order valence-corrected chi connectivity index (χ1v) is 4.90. The van der Waals surface area contributed by atoms with Gasteiger partial charge in [0.05, 0.1) is 12.2 Å². The average molecular weight is 208 g/mol. The van der Waals surface area contributed by atoms with Crippen LogP contribution in [0.2, 0.25) is 0 Å². The highest BCUT2D eigenvalue weighted by Crippen LogP contribution is 2.33. The van der Waals surface area contributed by atoms with Crippen LogP contribution in [0, 0.1) is 0 Å². The second-order valence-corrected chi connectivity index (χ2v) is 3.85. The third-order valence-corrected chi connectivity index (χ3v) is 2.66. The lowest BCUT2D eigenvalue weighted by Crippen LogP contribution is -2.26. The fraction of sp³-hybridized carbons (Fsp3) is 0.500. The quantitative estimate of drug-likeness (QED) is 0.796. The highest BCUT2D eigenvalue weighted by Gasteiger charge is 2.27. The van der Waals surface area contributed by atoms with Crippen molar-refractivity contribution in [1.29, 1.82) is 0 Å². The van der Waals surface area contributed by atoms with Crippen molar-refractivity contribution in [1.82, 2.24) is 9.55 Å². The molecule has 15 heavy (non-hydrogen) atoms. The molecular formula is C10H12N2O3. The maximum Gasteiger partial charge on any atom is 0.310 e. The molecule has 1 atom stereocenters. The number of carbonyl (C=O) groups is 1. The molecular weight excluding hydrogens is 196 g/mol. The zero-order valence-corrected chi connectivity index (χ0v) is 8.38. The molecule has 1 fully saturated rings. The number of aliphatic carboxylic acids is 1. The molecule has 1 N–H and O–H groups in total. The summed E-state index contributed by atoms with van der Waals surface area (Å²) in [6.45, 7) is 1.50. The normalized spacial score (nSPS) is 17.4. The van der Waals surface area contributed by atoms with E-state index < -0.39 is 11.9 Å². The van der Waals surface area contributed by atoms with Gasteiger partial charge in [0.1, 0.15) is 0 Å². The molecule has 0 spiro atoms. The van der Waals surface area contributed by atoms with Crippen LogP contribution in [0.3, 0.4) is 0 Å². The van der Waals surface area contributed by atoms with Gasteiger partial charge in [-0.05, 0) is 19.8 Å². The van der Waals surface area contributed by atoms with Crippen molar-refractivity contribution in [3.63, 3.8) is 0 Å². The lowest BCUT2D eigenvalue weighted by Gasteiger charge is -2.08. The SMILES string of the molecule is CC(C(=O)O)c1cncn(C2CC2)c1=O. The molecule has 2 rings (SSSR count). The fourth-order valence-electron chi connectivity index (χ4n) is 1.49. The number of nitrogens with zero attached hydrogens (tertiary/aromatic N) is 2. The summed E-state index contributed by atoms with van der Waals surface area (Å²) < 4.78 is 1.54. The van der Waals surface area contributed by atoms with Crippen LogP contribution in [-0.4, -0.2) is 20.6 Å². The molecule has 1 aliphatic carbocycles. The smallest absolute Gasteiger partial charge is 0.310 e. The predicted molar refractivity (Wildman–Crippen MR) is 52.8 cm³/mol. The minimum absolute atomic E-state index is 0.220. The van der Waals surface area contributed by atoms with Crippen molar-refractivity contribution in [3.05, 3.63) is 28.4 Å². The average Bonchev–Trinajstić information content (AvgIpc) is 3.00. The highest BCUT2D eigenvalue weighted by atomic mass is 16.4. The van der Waals surface area contributed by atoms with Gasteiger partial charge < -0.3 is 5.11 Å². The summed E-state index contributed by atoms with van der Waals surface area (Å²) >= 11 is 0. The van der Waals surface area contributed by atoms with Crippen LogP contribution in [0.25, 0.3) is 0 Å². The summed E-state index contributed by atoms with van der Waals surface area (Å²) in [6, 6.07) is 0.228. The highest BCUT2D eigenvalue weighted by molar-refractivity contribution is 5.75. The third-order valence-electron chi connectivity index (χ3n) is 2.66. The van der Waals surface area contributed by atoms with Gasteiger partial charge in [-0.1, -0.05) is 0 Å². The lowest BCUT2D eigenvalue weighted by molar-refractivity contribution is -0.138. The molecule has 0 bridgehead atoms. The Morgan fingerprint density at radius 3 is 2.87 bits per heavy atom. The molecule has 0 saturated heterocycles. The standard InChI is InChI=1S/C10H12N2O3/c1-6(10(14)15)8-4-11-5-12(9(8)13)7-2-3-7/h4-7H,2-3H2,1H3,(H,14,15). The van der Waals surface area contributed by atoms with Crippen LogP contribution < -0.4 is 5.56 Å². The van der Waals surface area contributed by atoms with E-state index in [2.05, 4.69) is 4.98 Å². The van der Waals surface area contributed by atoms with Crippen LogP contribution in [0.15, 0.2) is 17.3 Å². The van der Waals surface area contributed by atoms with E-state index in [1.54, 1.807) is 0 Å². The maximum absolute atomic E-state index is 11.9. The van der Waals surface area contributed by atoms with Gasteiger partial charge in [-0.3, -0.25) is 14.2 Å². The minimum atomic E-state index is -0.998. The summed E-state index contributed by atoms with van der Waals surface area (Å²) in [4.78, 5) is 26.5. The van der Waals surface area contributed by atoms with Gasteiger partial charge in [0.25, 0.3) is 5.56 Å². The molecule has 80 valence electrons. The van der Waals surface area contributed by atoms with Crippen molar-refractivity contribution in [2.75, 3.05) is 0 Å². The largest absolute Gasteiger partial charge is 0.481 e. The van der Waals surface area contributed by atoms with E-state index in [0.29, 0.717) is 0 Å². The number of hydrogen-bond donors (Lipinski definition) is 1. The first-order chi connectivity index (χ1) is 7.11. The summed E-state index contributed by atoms with van der Waals surface area (Å²) in [5.41, 5.74) is 0.0410. The van der Waals surface area contributed by atoms with Crippen LogP contribution >= 0.6 is 0 Å². The first kappa shape index (κ1) is 9.89. The topological polar surface area (TPSA) is 72.2 Å². The molecule has 0 aliphatic heterocycles. The second kappa shape index (κ2) is 3.49. The van der Waals surface area contributed by atoms with Crippen molar-refractivity contribution in [2.24, 2.45) is 0 Å². The van der Waals surface area contributed by atoms with Gasteiger partial charge in [0, 0.05) is 17.8 Å². The van der Waals surface area contributed by atoms with Gasteiger partial charge in [-0.15, -0.1) is 0 Å². The van der Waals surface area contributed by atoms with E-state index in [-0.39, 0.29) is 17.2 Å². The number of aromatic nitrogens is 2. The van der Waals surface area contributed by atoms with Crippen molar-refractivity contribution < 1.29 is 9.90 Å². The van der Waals surface area contributed by atoms with E-state index in [0.717, 1.165) is 12.8 Å². The predicted octanol–water partition coefficient (Wildman–Crippen LogP) is 0.766. The molecule has 5 nitrogen and oxygen atoms in total. The molecule has 0 radical (unpaired) electrons. The maximum atomic E-state index is 11.9. The monoisotopic (exact) mass is 208 g/mol. The third kappa shape index (κ3) is 1.77. The Labute approximate surface area is 86.4 Å². The molecule has 5 heteroatoms. The van der Waals surface area contributed by atoms with E-state index >= 15 is 0 Å². The van der Waals surface area contributed by atoms with Gasteiger partial charge in [-0.25, -0.2) is 4.98 Å². The Morgan fingerprint density at radius 2 is 2.33 bits per heavy atom. The molecule has 1 aromatic rings. The molecule has 0 aromatic carbocycles. The Hall–Kier alpha value is -1.65. The van der Waals surface area contributed by atoms with Crippen LogP contribution in [0.1, 0.15) is 37.3 Å². The number of hydrogen-bond acceptors (Lipinski definition) is 3. The van der Waals surface area contributed by atoms with E-state index in [1.165, 1.54) is 24.0 Å². The van der Waals surface area contributed by atoms with E-state index in [1.807, 2.05) is 0 Å². The molecule has 1 aromatic heterocycles. The lowest BCUT2D eigenvalue weighted by atomic mass is 10.1. The first-order valence-electron chi connectivity index (χ1n) is 4.90. The summed E-state index contributed by atoms with van der Waals surface area (Å²) in [7, 11) is 0. The molecule has 1 unspecified atom stereocenters. The van der Waals surface area contributed by atoms with Crippen molar-refractivity contribution in [3.8, 4) is 0 Å². The number of carboxylic acids is 1. The summed E-state index contributed by atoms with van der Waals surface area (Å²) in [6.07, 6.45) is 4.79. The molecule has 0 amide bonds. The van der Waals surface area contributed by atoms with Gasteiger partial charge in [0.15, 0.2) is 0 Å². The summed E-state index contributed by atoms with van der Waals surface area (Å²) in [5, 5.41) is 8.83. The Morgan fingerprint density at radius 1 is 1.67 bits per heavy atom. The zero-order chi connectivity index (χ0) is 11.0. The van der Waals surface area contributed by atoms with Gasteiger partial charge in [-0.2, -0.15) is 0 Å². The van der Waals surface area contributed by atoms with Crippen LogP contribution in [-0.2, 0) is 4.79 Å². The Balaban J connectivity index is 2.44. The molecule has 1 heterocycles. The minimum Gasteiger partial charge on any atom is -0.481 e. The van der Waals surface area contributed by atoms with Crippen molar-refractivity contribution >= 4 is 5.97 Å². The number of carboxylic acid groups (broad SMARTS) is 1.